The number of aromatic nitrogens is 1. The van der Waals surface area contributed by atoms with Crippen molar-refractivity contribution >= 4 is 17.2 Å². The van der Waals surface area contributed by atoms with Crippen LogP contribution in [0.4, 0.5) is 0 Å². The van der Waals surface area contributed by atoms with Crippen LogP contribution in [0.3, 0.4) is 0 Å². The lowest BCUT2D eigenvalue weighted by atomic mass is 10.1. The van der Waals surface area contributed by atoms with Crippen LogP contribution in [0.1, 0.15) is 40.1 Å². The van der Waals surface area contributed by atoms with Gasteiger partial charge in [0.05, 0.1) is 10.7 Å². The average molecular weight is 268 g/mol. The lowest BCUT2D eigenvalue weighted by Crippen LogP contribution is -2.26. The van der Waals surface area contributed by atoms with E-state index in [4.69, 9.17) is 4.74 Å². The molecule has 0 radical (unpaired) electrons. The number of carbonyl (C=O) groups excluding carboxylic acids is 1. The monoisotopic (exact) mass is 268 g/mol. The highest BCUT2D eigenvalue weighted by Crippen LogP contribution is 2.19. The topological polar surface area (TPSA) is 51.2 Å². The molecule has 0 aliphatic carbocycles. The minimum Gasteiger partial charge on any atom is -0.381 e. The summed E-state index contributed by atoms with van der Waals surface area (Å²) in [5, 5.41) is 3.95. The molecular formula is C13H20N2O2S. The number of hydrogen-bond acceptors (Lipinski definition) is 4. The number of aryl methyl sites for hydroxylation is 2. The maximum atomic E-state index is 12.0. The third kappa shape index (κ3) is 3.29. The molecule has 5 heteroatoms. The zero-order chi connectivity index (χ0) is 13.0. The van der Waals surface area contributed by atoms with E-state index in [2.05, 4.69) is 10.3 Å². The second kappa shape index (κ2) is 6.29. The van der Waals surface area contributed by atoms with Crippen molar-refractivity contribution in [3.63, 3.8) is 0 Å². The van der Waals surface area contributed by atoms with Crippen molar-refractivity contribution < 1.29 is 9.53 Å². The molecule has 1 fully saturated rings. The summed E-state index contributed by atoms with van der Waals surface area (Å²) in [7, 11) is 0. The predicted octanol–water partition coefficient (Wildman–Crippen LogP) is 2.17. The molecule has 1 atom stereocenters. The van der Waals surface area contributed by atoms with Gasteiger partial charge in [-0.15, -0.1) is 11.3 Å². The van der Waals surface area contributed by atoms with Crippen molar-refractivity contribution in [3.8, 4) is 0 Å². The van der Waals surface area contributed by atoms with Gasteiger partial charge >= 0.3 is 0 Å². The summed E-state index contributed by atoms with van der Waals surface area (Å²) >= 11 is 1.48. The van der Waals surface area contributed by atoms with E-state index in [1.807, 2.05) is 13.8 Å². The number of amides is 1. The molecule has 0 spiro atoms. The molecule has 1 aromatic rings. The van der Waals surface area contributed by atoms with Gasteiger partial charge < -0.3 is 10.1 Å². The minimum absolute atomic E-state index is 0.0244. The Morgan fingerprint density at radius 2 is 2.44 bits per heavy atom. The van der Waals surface area contributed by atoms with E-state index >= 15 is 0 Å². The fraction of sp³-hybridized carbons (Fsp3) is 0.692. The second-order valence-electron chi connectivity index (χ2n) is 4.64. The van der Waals surface area contributed by atoms with Crippen molar-refractivity contribution in [3.05, 3.63) is 15.6 Å². The Morgan fingerprint density at radius 3 is 3.11 bits per heavy atom. The number of nitrogens with one attached hydrogen (secondary N) is 1. The molecule has 2 rings (SSSR count). The smallest absolute Gasteiger partial charge is 0.263 e. The van der Waals surface area contributed by atoms with Gasteiger partial charge in [-0.2, -0.15) is 0 Å². The van der Waals surface area contributed by atoms with E-state index in [9.17, 15) is 4.79 Å². The first-order valence-electron chi connectivity index (χ1n) is 6.53. The quantitative estimate of drug-likeness (QED) is 0.890. The third-order valence-corrected chi connectivity index (χ3v) is 4.22. The van der Waals surface area contributed by atoms with Crippen LogP contribution in [0.5, 0.6) is 0 Å². The van der Waals surface area contributed by atoms with Crippen LogP contribution < -0.4 is 5.32 Å². The van der Waals surface area contributed by atoms with Crippen molar-refractivity contribution in [1.29, 1.82) is 0 Å². The van der Waals surface area contributed by atoms with Crippen molar-refractivity contribution in [1.82, 2.24) is 10.3 Å². The summed E-state index contributed by atoms with van der Waals surface area (Å²) in [6, 6.07) is 0. The fourth-order valence-electron chi connectivity index (χ4n) is 2.17. The van der Waals surface area contributed by atoms with E-state index in [0.717, 1.165) is 54.6 Å². The highest BCUT2D eigenvalue weighted by molar-refractivity contribution is 7.13. The normalized spacial score (nSPS) is 19.1. The summed E-state index contributed by atoms with van der Waals surface area (Å²) in [6.07, 6.45) is 2.93. The van der Waals surface area contributed by atoms with E-state index < -0.39 is 0 Å². The average Bonchev–Trinajstić information content (AvgIpc) is 2.98. The Hall–Kier alpha value is -0.940. The molecule has 0 aromatic carbocycles. The molecule has 2 heterocycles. The van der Waals surface area contributed by atoms with E-state index in [1.165, 1.54) is 11.3 Å². The van der Waals surface area contributed by atoms with Gasteiger partial charge in [0.25, 0.3) is 5.91 Å². The molecule has 4 nitrogen and oxygen atoms in total. The first-order valence-corrected chi connectivity index (χ1v) is 7.34. The molecule has 1 aliphatic rings. The van der Waals surface area contributed by atoms with Gasteiger partial charge in [-0.05, 0) is 32.1 Å². The zero-order valence-corrected chi connectivity index (χ0v) is 11.8. The number of ether oxygens (including phenoxy) is 1. The first-order chi connectivity index (χ1) is 8.70. The maximum Gasteiger partial charge on any atom is 0.263 e. The molecular weight excluding hydrogens is 248 g/mol. The molecule has 100 valence electrons. The van der Waals surface area contributed by atoms with Crippen molar-refractivity contribution in [2.24, 2.45) is 5.92 Å². The first kappa shape index (κ1) is 13.5. The zero-order valence-electron chi connectivity index (χ0n) is 11.0. The second-order valence-corrected chi connectivity index (χ2v) is 5.84. The molecule has 0 bridgehead atoms. The largest absolute Gasteiger partial charge is 0.381 e. The lowest BCUT2D eigenvalue weighted by Gasteiger charge is -2.08. The van der Waals surface area contributed by atoms with Crippen LogP contribution >= 0.6 is 11.3 Å². The van der Waals surface area contributed by atoms with Crippen LogP contribution in [0.25, 0.3) is 0 Å². The van der Waals surface area contributed by atoms with Gasteiger partial charge in [0.15, 0.2) is 0 Å². The summed E-state index contributed by atoms with van der Waals surface area (Å²) in [4.78, 5) is 17.2. The van der Waals surface area contributed by atoms with Crippen LogP contribution in [0, 0.1) is 12.8 Å². The van der Waals surface area contributed by atoms with E-state index in [0.29, 0.717) is 5.92 Å². The van der Waals surface area contributed by atoms with Gasteiger partial charge in [-0.3, -0.25) is 4.79 Å². The molecule has 0 saturated carbocycles. The van der Waals surface area contributed by atoms with E-state index in [1.54, 1.807) is 0 Å². The molecule has 1 aliphatic heterocycles. The third-order valence-electron chi connectivity index (χ3n) is 3.21. The lowest BCUT2D eigenvalue weighted by molar-refractivity contribution is 0.0953. The maximum absolute atomic E-state index is 12.0. The van der Waals surface area contributed by atoms with Gasteiger partial charge in [0.1, 0.15) is 4.88 Å². The summed E-state index contributed by atoms with van der Waals surface area (Å²) in [5.74, 6) is 0.635. The minimum atomic E-state index is 0.0244. The fourth-order valence-corrected chi connectivity index (χ4v) is 3.09. The number of rotatable bonds is 5. The van der Waals surface area contributed by atoms with E-state index in [-0.39, 0.29) is 5.91 Å². The Morgan fingerprint density at radius 1 is 1.61 bits per heavy atom. The molecule has 1 unspecified atom stereocenters. The van der Waals surface area contributed by atoms with Crippen molar-refractivity contribution in [2.75, 3.05) is 19.8 Å². The summed E-state index contributed by atoms with van der Waals surface area (Å²) < 4.78 is 5.32. The standard InChI is InChI=1S/C13H20N2O2S/c1-3-11-12(18-9(2)15-11)13(16)14-6-4-10-5-7-17-8-10/h10H,3-8H2,1-2H3,(H,14,16). The van der Waals surface area contributed by atoms with Crippen LogP contribution in [-0.4, -0.2) is 30.6 Å². The van der Waals surface area contributed by atoms with Crippen LogP contribution in [0.15, 0.2) is 0 Å². The van der Waals surface area contributed by atoms with Crippen LogP contribution in [0.2, 0.25) is 0 Å². The molecule has 18 heavy (non-hydrogen) atoms. The molecule has 1 aromatic heterocycles. The Bertz CT molecular complexity index is 411. The summed E-state index contributed by atoms with van der Waals surface area (Å²) in [5.41, 5.74) is 0.916. The number of hydrogen-bond donors (Lipinski definition) is 1. The van der Waals surface area contributed by atoms with Gasteiger partial charge in [0, 0.05) is 19.8 Å². The molecule has 1 amide bonds. The van der Waals surface area contributed by atoms with Crippen molar-refractivity contribution in [2.45, 2.75) is 33.1 Å². The van der Waals surface area contributed by atoms with Gasteiger partial charge in [-0.25, -0.2) is 4.98 Å². The molecule has 1 saturated heterocycles. The Labute approximate surface area is 112 Å². The number of nitrogens with zero attached hydrogens (tertiary/aromatic N) is 1. The highest BCUT2D eigenvalue weighted by atomic mass is 32.1. The Kier molecular flexibility index (Phi) is 4.72. The van der Waals surface area contributed by atoms with Crippen LogP contribution in [-0.2, 0) is 11.2 Å². The molecule has 1 N–H and O–H groups in total. The predicted molar refractivity (Wildman–Crippen MR) is 72.1 cm³/mol. The number of carbonyl (C=O) groups is 1. The highest BCUT2D eigenvalue weighted by Gasteiger charge is 2.18. The Balaban J connectivity index is 1.83. The van der Waals surface area contributed by atoms with Gasteiger partial charge in [-0.1, -0.05) is 6.92 Å². The number of thiazole rings is 1. The SMILES string of the molecule is CCc1nc(C)sc1C(=O)NCCC1CCOC1. The van der Waals surface area contributed by atoms with Gasteiger partial charge in [0.2, 0.25) is 0 Å². The summed E-state index contributed by atoms with van der Waals surface area (Å²) in [6.45, 7) is 6.41.